The number of halogens is 1. The van der Waals surface area contributed by atoms with Gasteiger partial charge in [-0.1, -0.05) is 17.3 Å². The highest BCUT2D eigenvalue weighted by atomic mass is 19.1. The Kier molecular flexibility index (Phi) is 4.68. The van der Waals surface area contributed by atoms with Crippen LogP contribution in [0.25, 0.3) is 0 Å². The van der Waals surface area contributed by atoms with Gasteiger partial charge in [0.05, 0.1) is 5.92 Å². The van der Waals surface area contributed by atoms with E-state index in [-0.39, 0.29) is 29.5 Å². The Morgan fingerprint density at radius 1 is 1.26 bits per heavy atom. The first-order valence-corrected chi connectivity index (χ1v) is 9.33. The summed E-state index contributed by atoms with van der Waals surface area (Å²) in [6, 6.07) is 7.26. The first-order chi connectivity index (χ1) is 13.0. The lowest BCUT2D eigenvalue weighted by atomic mass is 9.92. The van der Waals surface area contributed by atoms with Crippen molar-refractivity contribution in [2.75, 3.05) is 11.9 Å². The third-order valence-electron chi connectivity index (χ3n) is 5.31. The molecule has 7 heteroatoms. The van der Waals surface area contributed by atoms with Crippen molar-refractivity contribution in [2.45, 2.75) is 44.6 Å². The molecular weight excluding hydrogens is 349 g/mol. The average Bonchev–Trinajstić information content (AvgIpc) is 3.19. The number of aromatic nitrogens is 1. The van der Waals surface area contributed by atoms with Crippen molar-refractivity contribution in [2.24, 2.45) is 5.92 Å². The number of carbonyl (C=O) groups excluding carboxylic acids is 2. The zero-order chi connectivity index (χ0) is 19.0. The van der Waals surface area contributed by atoms with Crippen molar-refractivity contribution in [1.29, 1.82) is 0 Å². The molecule has 1 aliphatic carbocycles. The Balaban J connectivity index is 1.52. The second-order valence-electron chi connectivity index (χ2n) is 7.37. The molecule has 2 amide bonds. The monoisotopic (exact) mass is 371 g/mol. The average molecular weight is 371 g/mol. The fourth-order valence-electron chi connectivity index (χ4n) is 3.83. The number of carbonyl (C=O) groups is 2. The van der Waals surface area contributed by atoms with Crippen LogP contribution in [-0.2, 0) is 9.59 Å². The maximum atomic E-state index is 13.3. The quantitative estimate of drug-likeness (QED) is 0.875. The van der Waals surface area contributed by atoms with Crippen molar-refractivity contribution in [3.8, 4) is 0 Å². The summed E-state index contributed by atoms with van der Waals surface area (Å²) in [4.78, 5) is 27.7. The molecule has 6 nitrogen and oxygen atoms in total. The van der Waals surface area contributed by atoms with Crippen molar-refractivity contribution in [3.63, 3.8) is 0 Å². The number of anilines is 1. The molecule has 0 bridgehead atoms. The Morgan fingerprint density at radius 3 is 2.63 bits per heavy atom. The third-order valence-corrected chi connectivity index (χ3v) is 5.31. The van der Waals surface area contributed by atoms with Crippen LogP contribution in [0.15, 0.2) is 34.9 Å². The molecule has 1 N–H and O–H groups in total. The smallest absolute Gasteiger partial charge is 0.248 e. The van der Waals surface area contributed by atoms with Crippen LogP contribution >= 0.6 is 0 Å². The van der Waals surface area contributed by atoms with Crippen LogP contribution in [0.1, 0.15) is 42.9 Å². The van der Waals surface area contributed by atoms with Crippen LogP contribution in [0.2, 0.25) is 0 Å². The Bertz CT molecular complexity index is 844. The van der Waals surface area contributed by atoms with Gasteiger partial charge in [0.15, 0.2) is 5.82 Å². The molecule has 2 heterocycles. The maximum Gasteiger partial charge on any atom is 0.248 e. The largest absolute Gasteiger partial charge is 0.360 e. The van der Waals surface area contributed by atoms with Crippen LogP contribution < -0.4 is 5.32 Å². The second-order valence-corrected chi connectivity index (χ2v) is 7.37. The molecule has 2 aromatic rings. The maximum absolute atomic E-state index is 13.3. The van der Waals surface area contributed by atoms with E-state index >= 15 is 0 Å². The summed E-state index contributed by atoms with van der Waals surface area (Å²) in [6.45, 7) is 2.30. The number of likely N-dealkylation sites (tertiary alicyclic amines) is 1. The molecule has 1 unspecified atom stereocenters. The van der Waals surface area contributed by atoms with E-state index in [4.69, 9.17) is 4.52 Å². The van der Waals surface area contributed by atoms with Gasteiger partial charge in [0.25, 0.3) is 0 Å². The number of nitrogens with one attached hydrogen (secondary N) is 1. The van der Waals surface area contributed by atoms with Crippen LogP contribution in [0.3, 0.4) is 0 Å². The Morgan fingerprint density at radius 2 is 2.00 bits per heavy atom. The molecule has 2 fully saturated rings. The van der Waals surface area contributed by atoms with Crippen molar-refractivity contribution in [1.82, 2.24) is 10.1 Å². The molecule has 4 rings (SSSR count). The van der Waals surface area contributed by atoms with E-state index < -0.39 is 6.04 Å². The molecular formula is C20H22FN3O3. The predicted molar refractivity (Wildman–Crippen MR) is 96.5 cm³/mol. The van der Waals surface area contributed by atoms with Gasteiger partial charge in [0.1, 0.15) is 17.6 Å². The number of hydrogen-bond donors (Lipinski definition) is 1. The lowest BCUT2D eigenvalue weighted by molar-refractivity contribution is -0.138. The molecule has 2 aliphatic rings. The van der Waals surface area contributed by atoms with Crippen molar-refractivity contribution < 1.29 is 18.5 Å². The van der Waals surface area contributed by atoms with Gasteiger partial charge in [-0.25, -0.2) is 4.39 Å². The second kappa shape index (κ2) is 7.13. The highest BCUT2D eigenvalue weighted by Crippen LogP contribution is 2.44. The predicted octanol–water partition coefficient (Wildman–Crippen LogP) is 3.25. The zero-order valence-corrected chi connectivity index (χ0v) is 15.2. The summed E-state index contributed by atoms with van der Waals surface area (Å²) in [5.41, 5.74) is 0.821. The molecule has 1 saturated heterocycles. The normalized spacial score (nSPS) is 20.5. The van der Waals surface area contributed by atoms with E-state index in [0.717, 1.165) is 24.8 Å². The molecule has 1 aromatic carbocycles. The molecule has 1 aromatic heterocycles. The summed E-state index contributed by atoms with van der Waals surface area (Å²) >= 11 is 0. The van der Waals surface area contributed by atoms with Gasteiger partial charge in [-0.2, -0.15) is 0 Å². The lowest BCUT2D eigenvalue weighted by Crippen LogP contribution is -2.45. The summed E-state index contributed by atoms with van der Waals surface area (Å²) in [5.74, 6) is 0.311. The fraction of sp³-hybridized carbons (Fsp3) is 0.450. The highest BCUT2D eigenvalue weighted by Gasteiger charge is 2.43. The van der Waals surface area contributed by atoms with Crippen LogP contribution in [0, 0.1) is 18.7 Å². The van der Waals surface area contributed by atoms with Crippen LogP contribution in [0.5, 0.6) is 0 Å². The van der Waals surface area contributed by atoms with Gasteiger partial charge in [-0.05, 0) is 56.2 Å². The number of benzene rings is 1. The molecule has 2 atom stereocenters. The summed E-state index contributed by atoms with van der Waals surface area (Å²) in [7, 11) is 0. The molecule has 142 valence electrons. The minimum atomic E-state index is -0.517. The Labute approximate surface area is 156 Å². The number of aryl methyl sites for hydroxylation is 1. The third kappa shape index (κ3) is 3.72. The van der Waals surface area contributed by atoms with Crippen LogP contribution in [-0.4, -0.2) is 34.5 Å². The standard InChI is InChI=1S/C20H22FN3O3/c1-12-11-17(23-27-12)22-19(25)16-3-2-10-24(16)20(26)18(13-4-5-13)14-6-8-15(21)9-7-14/h6-9,11,13,16,18H,2-5,10H2,1H3,(H,22,23,25)/t16-,18?/m0/s1. The van der Waals surface area contributed by atoms with Crippen molar-refractivity contribution >= 4 is 17.6 Å². The Hall–Kier alpha value is -2.70. The fourth-order valence-corrected chi connectivity index (χ4v) is 3.83. The first kappa shape index (κ1) is 17.7. The molecule has 0 spiro atoms. The van der Waals surface area contributed by atoms with E-state index in [1.807, 2.05) is 0 Å². The first-order valence-electron chi connectivity index (χ1n) is 9.33. The number of rotatable bonds is 5. The SMILES string of the molecule is Cc1cc(NC(=O)[C@@H]2CCCN2C(=O)C(c2ccc(F)cc2)C2CC2)no1. The van der Waals surface area contributed by atoms with Gasteiger partial charge < -0.3 is 14.7 Å². The van der Waals surface area contributed by atoms with E-state index in [1.54, 1.807) is 30.0 Å². The highest BCUT2D eigenvalue weighted by molar-refractivity contribution is 5.98. The van der Waals surface area contributed by atoms with Gasteiger partial charge in [-0.15, -0.1) is 0 Å². The van der Waals surface area contributed by atoms with E-state index in [1.165, 1.54) is 12.1 Å². The summed E-state index contributed by atoms with van der Waals surface area (Å²) < 4.78 is 18.3. The van der Waals surface area contributed by atoms with Gasteiger partial charge >= 0.3 is 0 Å². The zero-order valence-electron chi connectivity index (χ0n) is 15.2. The van der Waals surface area contributed by atoms with E-state index in [0.29, 0.717) is 24.5 Å². The van der Waals surface area contributed by atoms with E-state index in [2.05, 4.69) is 10.5 Å². The summed E-state index contributed by atoms with van der Waals surface area (Å²) in [6.07, 6.45) is 3.37. The van der Waals surface area contributed by atoms with Gasteiger partial charge in [0.2, 0.25) is 11.8 Å². The minimum absolute atomic E-state index is 0.0434. The van der Waals surface area contributed by atoms with Crippen molar-refractivity contribution in [3.05, 3.63) is 47.5 Å². The van der Waals surface area contributed by atoms with Crippen LogP contribution in [0.4, 0.5) is 10.2 Å². The number of nitrogens with zero attached hydrogens (tertiary/aromatic N) is 2. The lowest BCUT2D eigenvalue weighted by Gasteiger charge is -2.28. The topological polar surface area (TPSA) is 75.4 Å². The van der Waals surface area contributed by atoms with E-state index in [9.17, 15) is 14.0 Å². The number of hydrogen-bond acceptors (Lipinski definition) is 4. The van der Waals surface area contributed by atoms with Gasteiger partial charge in [0, 0.05) is 12.6 Å². The molecule has 0 radical (unpaired) electrons. The molecule has 27 heavy (non-hydrogen) atoms. The van der Waals surface area contributed by atoms with Gasteiger partial charge in [-0.3, -0.25) is 9.59 Å². The number of amides is 2. The summed E-state index contributed by atoms with van der Waals surface area (Å²) in [5, 5.41) is 6.51. The molecule has 1 saturated carbocycles. The minimum Gasteiger partial charge on any atom is -0.360 e. The molecule has 1 aliphatic heterocycles.